The summed E-state index contributed by atoms with van der Waals surface area (Å²) in [5.41, 5.74) is 5.94. The first-order valence-corrected chi connectivity index (χ1v) is 5.91. The molecule has 0 fully saturated rings. The number of nitrogens with two attached hydrogens (primary N) is 1. The van der Waals surface area contributed by atoms with Crippen LogP contribution in [0.5, 0.6) is 0 Å². The standard InChI is InChI=1S/C10H14N4S/c1-2-4-7(11)9-12-10(14-13-9)8-5-3-6-15-8/h3,5-7H,2,4,11H2,1H3,(H,12,13,14)/t7-/m0/s1. The van der Waals surface area contributed by atoms with Crippen molar-refractivity contribution in [1.82, 2.24) is 15.2 Å². The normalized spacial score (nSPS) is 12.9. The molecule has 0 aromatic carbocycles. The summed E-state index contributed by atoms with van der Waals surface area (Å²) < 4.78 is 0. The van der Waals surface area contributed by atoms with Crippen LogP contribution in [-0.2, 0) is 0 Å². The molecular weight excluding hydrogens is 208 g/mol. The van der Waals surface area contributed by atoms with E-state index >= 15 is 0 Å². The van der Waals surface area contributed by atoms with Gasteiger partial charge in [0.05, 0.1) is 10.9 Å². The quantitative estimate of drug-likeness (QED) is 0.834. The van der Waals surface area contributed by atoms with Crippen molar-refractivity contribution in [3.63, 3.8) is 0 Å². The van der Waals surface area contributed by atoms with E-state index in [9.17, 15) is 0 Å². The molecule has 5 heteroatoms. The molecule has 2 aromatic rings. The molecule has 80 valence electrons. The molecule has 0 saturated heterocycles. The number of H-pyrrole nitrogens is 1. The number of thiophene rings is 1. The van der Waals surface area contributed by atoms with Crippen LogP contribution in [0.25, 0.3) is 10.7 Å². The van der Waals surface area contributed by atoms with Crippen LogP contribution >= 0.6 is 11.3 Å². The van der Waals surface area contributed by atoms with Crippen LogP contribution in [0.2, 0.25) is 0 Å². The number of aromatic nitrogens is 3. The molecule has 0 radical (unpaired) electrons. The first-order chi connectivity index (χ1) is 7.31. The van der Waals surface area contributed by atoms with Gasteiger partial charge in [0.2, 0.25) is 0 Å². The summed E-state index contributed by atoms with van der Waals surface area (Å²) in [6, 6.07) is 3.96. The van der Waals surface area contributed by atoms with Crippen LogP contribution in [0, 0.1) is 0 Å². The molecule has 0 saturated carbocycles. The van der Waals surface area contributed by atoms with E-state index in [0.29, 0.717) is 0 Å². The molecule has 0 unspecified atom stereocenters. The maximum Gasteiger partial charge on any atom is 0.191 e. The van der Waals surface area contributed by atoms with Gasteiger partial charge >= 0.3 is 0 Å². The van der Waals surface area contributed by atoms with E-state index in [0.717, 1.165) is 29.4 Å². The molecule has 3 N–H and O–H groups in total. The number of aromatic amines is 1. The van der Waals surface area contributed by atoms with E-state index in [1.165, 1.54) is 0 Å². The molecule has 0 spiro atoms. The summed E-state index contributed by atoms with van der Waals surface area (Å²) in [7, 11) is 0. The van der Waals surface area contributed by atoms with Gasteiger partial charge in [0.25, 0.3) is 0 Å². The summed E-state index contributed by atoms with van der Waals surface area (Å²) in [5.74, 6) is 1.52. The fourth-order valence-corrected chi connectivity index (χ4v) is 2.06. The van der Waals surface area contributed by atoms with E-state index in [1.54, 1.807) is 11.3 Å². The van der Waals surface area contributed by atoms with Crippen LogP contribution in [0.4, 0.5) is 0 Å². The molecule has 2 rings (SSSR count). The number of hydrogen-bond donors (Lipinski definition) is 2. The van der Waals surface area contributed by atoms with Crippen molar-refractivity contribution in [3.05, 3.63) is 23.3 Å². The van der Waals surface area contributed by atoms with Crippen molar-refractivity contribution >= 4 is 11.3 Å². The topological polar surface area (TPSA) is 67.6 Å². The zero-order chi connectivity index (χ0) is 10.7. The van der Waals surface area contributed by atoms with Crippen molar-refractivity contribution in [2.24, 2.45) is 5.73 Å². The van der Waals surface area contributed by atoms with Gasteiger partial charge in [0, 0.05) is 0 Å². The molecule has 0 aliphatic carbocycles. The van der Waals surface area contributed by atoms with Gasteiger partial charge in [-0.05, 0) is 17.9 Å². The van der Waals surface area contributed by atoms with E-state index in [2.05, 4.69) is 22.1 Å². The SMILES string of the molecule is CCC[C@H](N)c1nc(-c2cccs2)n[nH]1. The zero-order valence-corrected chi connectivity index (χ0v) is 9.42. The number of nitrogens with zero attached hydrogens (tertiary/aromatic N) is 2. The fourth-order valence-electron chi connectivity index (χ4n) is 1.40. The minimum atomic E-state index is -0.0313. The Bertz CT molecular complexity index is 407. The van der Waals surface area contributed by atoms with E-state index in [-0.39, 0.29) is 6.04 Å². The summed E-state index contributed by atoms with van der Waals surface area (Å²) >= 11 is 1.63. The first kappa shape index (κ1) is 10.3. The van der Waals surface area contributed by atoms with Gasteiger partial charge in [-0.1, -0.05) is 19.4 Å². The first-order valence-electron chi connectivity index (χ1n) is 5.03. The van der Waals surface area contributed by atoms with Gasteiger partial charge in [0.1, 0.15) is 5.82 Å². The summed E-state index contributed by atoms with van der Waals surface area (Å²) in [6.07, 6.45) is 1.98. The molecule has 0 bridgehead atoms. The van der Waals surface area contributed by atoms with Crippen molar-refractivity contribution in [2.75, 3.05) is 0 Å². The van der Waals surface area contributed by atoms with Crippen LogP contribution in [0.1, 0.15) is 31.6 Å². The molecule has 0 aliphatic heterocycles. The third kappa shape index (κ3) is 2.24. The van der Waals surface area contributed by atoms with Crippen molar-refractivity contribution in [3.8, 4) is 10.7 Å². The Balaban J connectivity index is 2.17. The average molecular weight is 222 g/mol. The lowest BCUT2D eigenvalue weighted by Crippen LogP contribution is -2.11. The third-order valence-corrected chi connectivity index (χ3v) is 3.06. The Morgan fingerprint density at radius 3 is 3.13 bits per heavy atom. The largest absolute Gasteiger partial charge is 0.321 e. The number of hydrogen-bond acceptors (Lipinski definition) is 4. The number of nitrogens with one attached hydrogen (secondary N) is 1. The van der Waals surface area contributed by atoms with Gasteiger partial charge in [-0.2, -0.15) is 5.10 Å². The molecule has 0 aliphatic rings. The zero-order valence-electron chi connectivity index (χ0n) is 8.60. The minimum absolute atomic E-state index is 0.0313. The molecule has 2 heterocycles. The average Bonchev–Trinajstić information content (AvgIpc) is 2.89. The lowest BCUT2D eigenvalue weighted by molar-refractivity contribution is 0.604. The van der Waals surface area contributed by atoms with Crippen LogP contribution in [0.15, 0.2) is 17.5 Å². The maximum absolute atomic E-state index is 5.94. The second-order valence-electron chi connectivity index (χ2n) is 3.42. The highest BCUT2D eigenvalue weighted by molar-refractivity contribution is 7.13. The van der Waals surface area contributed by atoms with Gasteiger partial charge in [-0.15, -0.1) is 11.3 Å². The van der Waals surface area contributed by atoms with Crippen molar-refractivity contribution in [1.29, 1.82) is 0 Å². The van der Waals surface area contributed by atoms with E-state index < -0.39 is 0 Å². The lowest BCUT2D eigenvalue weighted by Gasteiger charge is -2.04. The van der Waals surface area contributed by atoms with Crippen molar-refractivity contribution in [2.45, 2.75) is 25.8 Å². The van der Waals surface area contributed by atoms with Crippen LogP contribution in [-0.4, -0.2) is 15.2 Å². The smallest absolute Gasteiger partial charge is 0.191 e. The molecular formula is C10H14N4S. The Morgan fingerprint density at radius 1 is 1.60 bits per heavy atom. The second kappa shape index (κ2) is 4.55. The molecule has 2 aromatic heterocycles. The Hall–Kier alpha value is -1.20. The maximum atomic E-state index is 5.94. The predicted molar refractivity (Wildman–Crippen MR) is 61.5 cm³/mol. The molecule has 1 atom stereocenters. The highest BCUT2D eigenvalue weighted by atomic mass is 32.1. The minimum Gasteiger partial charge on any atom is -0.321 e. The van der Waals surface area contributed by atoms with E-state index in [1.807, 2.05) is 17.5 Å². The Labute approximate surface area is 92.5 Å². The molecule has 15 heavy (non-hydrogen) atoms. The molecule has 4 nitrogen and oxygen atoms in total. The Kier molecular flexibility index (Phi) is 3.13. The van der Waals surface area contributed by atoms with Crippen LogP contribution < -0.4 is 5.73 Å². The highest BCUT2D eigenvalue weighted by Gasteiger charge is 2.11. The highest BCUT2D eigenvalue weighted by Crippen LogP contribution is 2.22. The van der Waals surface area contributed by atoms with Gasteiger partial charge in [-0.25, -0.2) is 4.98 Å². The molecule has 0 amide bonds. The number of rotatable bonds is 4. The van der Waals surface area contributed by atoms with E-state index in [4.69, 9.17) is 5.73 Å². The second-order valence-corrected chi connectivity index (χ2v) is 4.36. The van der Waals surface area contributed by atoms with Crippen LogP contribution in [0.3, 0.4) is 0 Å². The van der Waals surface area contributed by atoms with Gasteiger partial charge < -0.3 is 5.73 Å². The van der Waals surface area contributed by atoms with Gasteiger partial charge in [-0.3, -0.25) is 5.10 Å². The van der Waals surface area contributed by atoms with Gasteiger partial charge in [0.15, 0.2) is 5.82 Å². The fraction of sp³-hybridized carbons (Fsp3) is 0.400. The predicted octanol–water partition coefficient (Wildman–Crippen LogP) is 2.33. The third-order valence-electron chi connectivity index (χ3n) is 2.20. The summed E-state index contributed by atoms with van der Waals surface area (Å²) in [4.78, 5) is 5.46. The van der Waals surface area contributed by atoms with Crippen molar-refractivity contribution < 1.29 is 0 Å². The lowest BCUT2D eigenvalue weighted by atomic mass is 10.2. The summed E-state index contributed by atoms with van der Waals surface area (Å²) in [6.45, 7) is 2.11. The monoisotopic (exact) mass is 222 g/mol. The Morgan fingerprint density at radius 2 is 2.47 bits per heavy atom. The summed E-state index contributed by atoms with van der Waals surface area (Å²) in [5, 5.41) is 9.07.